The lowest BCUT2D eigenvalue weighted by Crippen LogP contribution is -2.04. The molecular formula is C11H8Br2FN3. The predicted octanol–water partition coefficient (Wildman–Crippen LogP) is 3.75. The molecule has 3 nitrogen and oxygen atoms in total. The summed E-state index contributed by atoms with van der Waals surface area (Å²) in [6, 6.07) is 4.83. The van der Waals surface area contributed by atoms with Gasteiger partial charge in [-0.25, -0.2) is 14.4 Å². The van der Waals surface area contributed by atoms with E-state index >= 15 is 0 Å². The van der Waals surface area contributed by atoms with Crippen molar-refractivity contribution in [2.45, 2.75) is 6.54 Å². The standard InChI is InChI=1S/C11H8Br2FN3/c12-8-1-2-10(14)7(3-8)4-16-11-9(13)5-15-6-17-11/h1-3,5-6H,4H2,(H,15,16,17). The van der Waals surface area contributed by atoms with Gasteiger partial charge in [-0.05, 0) is 34.1 Å². The van der Waals surface area contributed by atoms with Crippen LogP contribution in [-0.4, -0.2) is 9.97 Å². The van der Waals surface area contributed by atoms with Gasteiger partial charge in [0.15, 0.2) is 0 Å². The smallest absolute Gasteiger partial charge is 0.144 e. The molecule has 1 aromatic carbocycles. The van der Waals surface area contributed by atoms with E-state index in [9.17, 15) is 4.39 Å². The lowest BCUT2D eigenvalue weighted by atomic mass is 10.2. The number of benzene rings is 1. The molecule has 0 saturated carbocycles. The van der Waals surface area contributed by atoms with Crippen molar-refractivity contribution < 1.29 is 4.39 Å². The lowest BCUT2D eigenvalue weighted by Gasteiger charge is -2.08. The highest BCUT2D eigenvalue weighted by Gasteiger charge is 2.05. The molecule has 0 aliphatic heterocycles. The summed E-state index contributed by atoms with van der Waals surface area (Å²) in [5, 5.41) is 3.04. The number of nitrogens with one attached hydrogen (secondary N) is 1. The minimum absolute atomic E-state index is 0.245. The number of hydrogen-bond donors (Lipinski definition) is 1. The van der Waals surface area contributed by atoms with Crippen molar-refractivity contribution in [2.75, 3.05) is 5.32 Å². The number of halogens is 3. The van der Waals surface area contributed by atoms with E-state index < -0.39 is 0 Å². The van der Waals surface area contributed by atoms with Gasteiger partial charge in [-0.3, -0.25) is 0 Å². The van der Waals surface area contributed by atoms with Gasteiger partial charge in [0.05, 0.1) is 4.47 Å². The van der Waals surface area contributed by atoms with E-state index in [4.69, 9.17) is 0 Å². The Labute approximate surface area is 115 Å². The Morgan fingerprint density at radius 3 is 2.88 bits per heavy atom. The highest BCUT2D eigenvalue weighted by atomic mass is 79.9. The number of rotatable bonds is 3. The molecule has 0 unspecified atom stereocenters. The molecule has 0 radical (unpaired) electrons. The first-order valence-electron chi connectivity index (χ1n) is 4.80. The molecular weight excluding hydrogens is 353 g/mol. The van der Waals surface area contributed by atoms with Gasteiger partial charge in [0.25, 0.3) is 0 Å². The molecule has 0 fully saturated rings. The van der Waals surface area contributed by atoms with E-state index in [-0.39, 0.29) is 5.82 Å². The Morgan fingerprint density at radius 2 is 2.12 bits per heavy atom. The summed E-state index contributed by atoms with van der Waals surface area (Å²) in [6.45, 7) is 0.362. The van der Waals surface area contributed by atoms with Gasteiger partial charge in [0.2, 0.25) is 0 Å². The van der Waals surface area contributed by atoms with Crippen molar-refractivity contribution in [2.24, 2.45) is 0 Å². The molecule has 0 bridgehead atoms. The maximum atomic E-state index is 13.5. The molecule has 1 heterocycles. The molecule has 6 heteroatoms. The average molecular weight is 361 g/mol. The monoisotopic (exact) mass is 359 g/mol. The zero-order valence-electron chi connectivity index (χ0n) is 8.62. The molecule has 17 heavy (non-hydrogen) atoms. The second kappa shape index (κ2) is 5.55. The van der Waals surface area contributed by atoms with Gasteiger partial charge in [0.1, 0.15) is 18.0 Å². The van der Waals surface area contributed by atoms with Crippen molar-refractivity contribution in [1.82, 2.24) is 9.97 Å². The number of hydrogen-bond acceptors (Lipinski definition) is 3. The van der Waals surface area contributed by atoms with Crippen molar-refractivity contribution >= 4 is 37.7 Å². The fraction of sp³-hybridized carbons (Fsp3) is 0.0909. The van der Waals surface area contributed by atoms with Crippen LogP contribution < -0.4 is 5.32 Å². The maximum Gasteiger partial charge on any atom is 0.144 e. The van der Waals surface area contributed by atoms with E-state index in [0.717, 1.165) is 8.95 Å². The minimum atomic E-state index is -0.245. The van der Waals surface area contributed by atoms with Gasteiger partial charge in [0, 0.05) is 22.8 Å². The molecule has 2 aromatic rings. The Bertz CT molecular complexity index is 534. The van der Waals surface area contributed by atoms with Crippen LogP contribution in [0.2, 0.25) is 0 Å². The fourth-order valence-electron chi connectivity index (χ4n) is 1.30. The zero-order valence-corrected chi connectivity index (χ0v) is 11.8. The van der Waals surface area contributed by atoms with Crippen LogP contribution in [0.25, 0.3) is 0 Å². The second-order valence-corrected chi connectivity index (χ2v) is 5.08. The van der Waals surface area contributed by atoms with E-state index in [2.05, 4.69) is 47.1 Å². The molecule has 88 valence electrons. The van der Waals surface area contributed by atoms with Crippen LogP contribution in [0.3, 0.4) is 0 Å². The first kappa shape index (κ1) is 12.4. The Balaban J connectivity index is 2.12. The SMILES string of the molecule is Fc1ccc(Br)cc1CNc1ncncc1Br. The van der Waals surface area contributed by atoms with Crippen LogP contribution in [0, 0.1) is 5.82 Å². The number of anilines is 1. The van der Waals surface area contributed by atoms with Crippen molar-refractivity contribution in [3.05, 3.63) is 51.0 Å². The molecule has 1 aromatic heterocycles. The van der Waals surface area contributed by atoms with Crippen LogP contribution in [0.5, 0.6) is 0 Å². The van der Waals surface area contributed by atoms with Crippen LogP contribution in [0.15, 0.2) is 39.7 Å². The average Bonchev–Trinajstić information content (AvgIpc) is 2.32. The third-order valence-corrected chi connectivity index (χ3v) is 3.20. The largest absolute Gasteiger partial charge is 0.365 e. The first-order valence-corrected chi connectivity index (χ1v) is 6.38. The molecule has 1 N–H and O–H groups in total. The van der Waals surface area contributed by atoms with Crippen molar-refractivity contribution in [3.63, 3.8) is 0 Å². The first-order chi connectivity index (χ1) is 8.16. The van der Waals surface area contributed by atoms with Crippen LogP contribution >= 0.6 is 31.9 Å². The van der Waals surface area contributed by atoms with Gasteiger partial charge < -0.3 is 5.32 Å². The highest BCUT2D eigenvalue weighted by Crippen LogP contribution is 2.20. The third-order valence-electron chi connectivity index (χ3n) is 2.12. The Hall–Kier alpha value is -1.01. The maximum absolute atomic E-state index is 13.5. The predicted molar refractivity (Wildman–Crippen MR) is 71.2 cm³/mol. The van der Waals surface area contributed by atoms with Crippen LogP contribution in [0.1, 0.15) is 5.56 Å². The van der Waals surface area contributed by atoms with E-state index in [1.165, 1.54) is 12.4 Å². The summed E-state index contributed by atoms with van der Waals surface area (Å²) < 4.78 is 15.1. The highest BCUT2D eigenvalue weighted by molar-refractivity contribution is 9.10. The summed E-state index contributed by atoms with van der Waals surface area (Å²) in [5.74, 6) is 0.394. The summed E-state index contributed by atoms with van der Waals surface area (Å²) in [5.41, 5.74) is 0.574. The van der Waals surface area contributed by atoms with Gasteiger partial charge in [-0.2, -0.15) is 0 Å². The summed E-state index contributed by atoms with van der Waals surface area (Å²) in [6.07, 6.45) is 3.07. The van der Waals surface area contributed by atoms with Gasteiger partial charge >= 0.3 is 0 Å². The normalized spacial score (nSPS) is 10.3. The van der Waals surface area contributed by atoms with Gasteiger partial charge in [-0.15, -0.1) is 0 Å². The number of nitrogens with zero attached hydrogens (tertiary/aromatic N) is 2. The molecule has 0 amide bonds. The Kier molecular flexibility index (Phi) is 4.06. The topological polar surface area (TPSA) is 37.8 Å². The summed E-state index contributed by atoms with van der Waals surface area (Å²) in [7, 11) is 0. The van der Waals surface area contributed by atoms with Crippen LogP contribution in [-0.2, 0) is 6.54 Å². The van der Waals surface area contributed by atoms with E-state index in [0.29, 0.717) is 17.9 Å². The van der Waals surface area contributed by atoms with Crippen molar-refractivity contribution in [3.8, 4) is 0 Å². The molecule has 0 spiro atoms. The molecule has 0 aliphatic rings. The Morgan fingerprint density at radius 1 is 1.29 bits per heavy atom. The minimum Gasteiger partial charge on any atom is -0.365 e. The van der Waals surface area contributed by atoms with E-state index in [1.807, 2.05) is 0 Å². The zero-order chi connectivity index (χ0) is 12.3. The van der Waals surface area contributed by atoms with Crippen molar-refractivity contribution in [1.29, 1.82) is 0 Å². The third kappa shape index (κ3) is 3.23. The number of aromatic nitrogens is 2. The molecule has 0 aliphatic carbocycles. The quantitative estimate of drug-likeness (QED) is 0.905. The lowest BCUT2D eigenvalue weighted by molar-refractivity contribution is 0.612. The van der Waals surface area contributed by atoms with E-state index in [1.54, 1.807) is 18.3 Å². The van der Waals surface area contributed by atoms with Gasteiger partial charge in [-0.1, -0.05) is 15.9 Å². The summed E-state index contributed by atoms with van der Waals surface area (Å²) in [4.78, 5) is 7.89. The fourth-order valence-corrected chi connectivity index (χ4v) is 2.07. The molecule has 2 rings (SSSR count). The summed E-state index contributed by atoms with van der Waals surface area (Å²) >= 11 is 6.62. The molecule has 0 atom stereocenters. The second-order valence-electron chi connectivity index (χ2n) is 3.31. The van der Waals surface area contributed by atoms with Crippen LogP contribution in [0.4, 0.5) is 10.2 Å². The molecule has 0 saturated heterocycles.